The van der Waals surface area contributed by atoms with Crippen LogP contribution in [0.25, 0.3) is 0 Å². The molecule has 1 aromatic rings. The van der Waals surface area contributed by atoms with E-state index < -0.39 is 0 Å². The SMILES string of the molecule is CNCc1nc(N(C)CC2CCCC2)cc2c1CNC2=O. The number of hydrogen-bond donors (Lipinski definition) is 2. The first-order valence-electron chi connectivity index (χ1n) is 7.85. The van der Waals surface area contributed by atoms with E-state index in [-0.39, 0.29) is 5.91 Å². The zero-order valence-corrected chi connectivity index (χ0v) is 12.9. The molecule has 0 radical (unpaired) electrons. The number of nitrogens with zero attached hydrogens (tertiary/aromatic N) is 2. The Kier molecular flexibility index (Phi) is 4.10. The summed E-state index contributed by atoms with van der Waals surface area (Å²) in [5.74, 6) is 1.72. The third-order valence-electron chi connectivity index (χ3n) is 4.61. The maximum absolute atomic E-state index is 12.0. The third-order valence-corrected chi connectivity index (χ3v) is 4.61. The second-order valence-electron chi connectivity index (χ2n) is 6.20. The molecular formula is C16H24N4O. The number of pyridine rings is 1. The summed E-state index contributed by atoms with van der Waals surface area (Å²) < 4.78 is 0. The van der Waals surface area contributed by atoms with Crippen molar-refractivity contribution in [1.82, 2.24) is 15.6 Å². The minimum atomic E-state index is 0.0280. The summed E-state index contributed by atoms with van der Waals surface area (Å²) in [6, 6.07) is 1.95. The molecule has 1 saturated carbocycles. The predicted octanol–water partition coefficient (Wildman–Crippen LogP) is 1.67. The first-order valence-corrected chi connectivity index (χ1v) is 7.85. The van der Waals surface area contributed by atoms with Crippen LogP contribution in [0.5, 0.6) is 0 Å². The second kappa shape index (κ2) is 6.02. The van der Waals surface area contributed by atoms with Gasteiger partial charge in [0.25, 0.3) is 5.91 Å². The van der Waals surface area contributed by atoms with E-state index in [4.69, 9.17) is 4.98 Å². The van der Waals surface area contributed by atoms with Gasteiger partial charge in [-0.2, -0.15) is 0 Å². The van der Waals surface area contributed by atoms with Crippen molar-refractivity contribution in [1.29, 1.82) is 0 Å². The summed E-state index contributed by atoms with van der Waals surface area (Å²) in [7, 11) is 4.00. The fourth-order valence-corrected chi connectivity index (χ4v) is 3.46. The van der Waals surface area contributed by atoms with E-state index in [0.717, 1.165) is 35.1 Å². The Balaban J connectivity index is 1.85. The largest absolute Gasteiger partial charge is 0.359 e. The number of hydrogen-bond acceptors (Lipinski definition) is 4. The topological polar surface area (TPSA) is 57.3 Å². The van der Waals surface area contributed by atoms with Crippen LogP contribution in [0.2, 0.25) is 0 Å². The monoisotopic (exact) mass is 288 g/mol. The average molecular weight is 288 g/mol. The lowest BCUT2D eigenvalue weighted by Crippen LogP contribution is -2.26. The lowest BCUT2D eigenvalue weighted by molar-refractivity contribution is 0.0965. The van der Waals surface area contributed by atoms with Gasteiger partial charge in [-0.1, -0.05) is 12.8 Å². The van der Waals surface area contributed by atoms with Crippen molar-refractivity contribution in [3.05, 3.63) is 22.9 Å². The summed E-state index contributed by atoms with van der Waals surface area (Å²) in [4.78, 5) is 19.0. The summed E-state index contributed by atoms with van der Waals surface area (Å²) in [5, 5.41) is 6.05. The van der Waals surface area contributed by atoms with Gasteiger partial charge < -0.3 is 15.5 Å². The average Bonchev–Trinajstić information content (AvgIpc) is 3.10. The second-order valence-corrected chi connectivity index (χ2v) is 6.20. The van der Waals surface area contributed by atoms with Crippen molar-refractivity contribution in [3.8, 4) is 0 Å². The highest BCUT2D eigenvalue weighted by atomic mass is 16.1. The summed E-state index contributed by atoms with van der Waals surface area (Å²) >= 11 is 0. The van der Waals surface area contributed by atoms with Crippen LogP contribution in [0.1, 0.15) is 47.3 Å². The van der Waals surface area contributed by atoms with Gasteiger partial charge in [0.2, 0.25) is 0 Å². The minimum absolute atomic E-state index is 0.0280. The number of carbonyl (C=O) groups excluding carboxylic acids is 1. The summed E-state index contributed by atoms with van der Waals surface area (Å²) in [6.45, 7) is 2.33. The highest BCUT2D eigenvalue weighted by Crippen LogP contribution is 2.28. The smallest absolute Gasteiger partial charge is 0.252 e. The molecule has 2 N–H and O–H groups in total. The Morgan fingerprint density at radius 2 is 2.19 bits per heavy atom. The molecule has 0 spiro atoms. The molecule has 0 atom stereocenters. The molecule has 3 rings (SSSR count). The van der Waals surface area contributed by atoms with Crippen LogP contribution in [0.3, 0.4) is 0 Å². The van der Waals surface area contributed by atoms with Crippen LogP contribution in [0.4, 0.5) is 5.82 Å². The van der Waals surface area contributed by atoms with E-state index in [1.54, 1.807) is 0 Å². The standard InChI is InChI=1S/C16H24N4O/c1-17-9-14-13-8-18-16(21)12(13)7-15(19-14)20(2)10-11-5-3-4-6-11/h7,11,17H,3-6,8-10H2,1-2H3,(H,18,21). The van der Waals surface area contributed by atoms with E-state index in [0.29, 0.717) is 13.1 Å². The third kappa shape index (κ3) is 2.88. The Labute approximate surface area is 126 Å². The van der Waals surface area contributed by atoms with Crippen LogP contribution in [-0.4, -0.2) is 31.5 Å². The number of fused-ring (bicyclic) bond motifs is 1. The van der Waals surface area contributed by atoms with Gasteiger partial charge in [-0.05, 0) is 31.9 Å². The van der Waals surface area contributed by atoms with Gasteiger partial charge in [-0.25, -0.2) is 4.98 Å². The lowest BCUT2D eigenvalue weighted by Gasteiger charge is -2.23. The van der Waals surface area contributed by atoms with Crippen molar-refractivity contribution in [2.45, 2.75) is 38.8 Å². The molecule has 0 aromatic carbocycles. The van der Waals surface area contributed by atoms with Crippen molar-refractivity contribution in [2.24, 2.45) is 5.92 Å². The van der Waals surface area contributed by atoms with E-state index in [2.05, 4.69) is 22.6 Å². The van der Waals surface area contributed by atoms with Gasteiger partial charge in [0.1, 0.15) is 5.82 Å². The normalized spacial score (nSPS) is 17.9. The molecule has 1 aromatic heterocycles. The van der Waals surface area contributed by atoms with Gasteiger partial charge in [0, 0.05) is 37.8 Å². The lowest BCUT2D eigenvalue weighted by atomic mass is 10.1. The zero-order valence-electron chi connectivity index (χ0n) is 12.9. The molecule has 5 heteroatoms. The van der Waals surface area contributed by atoms with Crippen molar-refractivity contribution >= 4 is 11.7 Å². The highest BCUT2D eigenvalue weighted by Gasteiger charge is 2.25. The first-order chi connectivity index (χ1) is 10.2. The molecule has 0 unspecified atom stereocenters. The molecule has 21 heavy (non-hydrogen) atoms. The summed E-state index contributed by atoms with van der Waals surface area (Å²) in [5.41, 5.74) is 2.83. The van der Waals surface area contributed by atoms with Gasteiger partial charge >= 0.3 is 0 Å². The van der Waals surface area contributed by atoms with E-state index >= 15 is 0 Å². The number of rotatable bonds is 5. The fraction of sp³-hybridized carbons (Fsp3) is 0.625. The van der Waals surface area contributed by atoms with Gasteiger partial charge in [-0.15, -0.1) is 0 Å². The van der Waals surface area contributed by atoms with Crippen LogP contribution >= 0.6 is 0 Å². The number of anilines is 1. The number of amides is 1. The molecule has 1 aliphatic carbocycles. The van der Waals surface area contributed by atoms with Crippen molar-refractivity contribution < 1.29 is 4.79 Å². The van der Waals surface area contributed by atoms with E-state index in [1.807, 2.05) is 13.1 Å². The molecule has 114 valence electrons. The Bertz CT molecular complexity index is 537. The summed E-state index contributed by atoms with van der Waals surface area (Å²) in [6.07, 6.45) is 5.34. The number of nitrogens with one attached hydrogen (secondary N) is 2. The molecule has 5 nitrogen and oxygen atoms in total. The van der Waals surface area contributed by atoms with Crippen LogP contribution in [0, 0.1) is 5.92 Å². The molecule has 0 saturated heterocycles. The number of carbonyl (C=O) groups is 1. The first kappa shape index (κ1) is 14.3. The van der Waals surface area contributed by atoms with Gasteiger partial charge in [-0.3, -0.25) is 4.79 Å². The molecule has 0 bridgehead atoms. The predicted molar refractivity (Wildman–Crippen MR) is 83.4 cm³/mol. The van der Waals surface area contributed by atoms with E-state index in [1.165, 1.54) is 25.7 Å². The maximum Gasteiger partial charge on any atom is 0.252 e. The molecule has 1 fully saturated rings. The quantitative estimate of drug-likeness (QED) is 0.865. The highest BCUT2D eigenvalue weighted by molar-refractivity contribution is 5.99. The maximum atomic E-state index is 12.0. The van der Waals surface area contributed by atoms with Crippen molar-refractivity contribution in [2.75, 3.05) is 25.5 Å². The molecule has 1 aliphatic heterocycles. The van der Waals surface area contributed by atoms with Gasteiger partial charge in [0.05, 0.1) is 5.69 Å². The van der Waals surface area contributed by atoms with Crippen LogP contribution in [-0.2, 0) is 13.1 Å². The number of aromatic nitrogens is 1. The molecule has 2 aliphatic rings. The Morgan fingerprint density at radius 3 is 2.90 bits per heavy atom. The zero-order chi connectivity index (χ0) is 14.8. The minimum Gasteiger partial charge on any atom is -0.359 e. The van der Waals surface area contributed by atoms with Gasteiger partial charge in [0.15, 0.2) is 0 Å². The Morgan fingerprint density at radius 1 is 1.43 bits per heavy atom. The Hall–Kier alpha value is -1.62. The molecular weight excluding hydrogens is 264 g/mol. The van der Waals surface area contributed by atoms with Crippen LogP contribution < -0.4 is 15.5 Å². The molecule has 1 amide bonds. The fourth-order valence-electron chi connectivity index (χ4n) is 3.46. The molecule has 2 heterocycles. The van der Waals surface area contributed by atoms with Crippen molar-refractivity contribution in [3.63, 3.8) is 0 Å². The van der Waals surface area contributed by atoms with E-state index in [9.17, 15) is 4.79 Å². The van der Waals surface area contributed by atoms with Crippen LogP contribution in [0.15, 0.2) is 6.07 Å².